The Morgan fingerprint density at radius 2 is 0.600 bits per heavy atom. The Balaban J connectivity index is 0.00000310. The summed E-state index contributed by atoms with van der Waals surface area (Å²) >= 11 is 0. The number of sulfonamides is 2. The first-order chi connectivity index (χ1) is 25.7. The molecule has 294 valence electrons. The van der Waals surface area contributed by atoms with Crippen LogP contribution in [0.2, 0.25) is 0 Å². The fourth-order valence-corrected chi connectivity index (χ4v) is 10.0. The Labute approximate surface area is 433 Å². The van der Waals surface area contributed by atoms with E-state index in [2.05, 4.69) is 0 Å². The van der Waals surface area contributed by atoms with Crippen LogP contribution in [0.4, 0.5) is 11.4 Å². The predicted octanol–water partition coefficient (Wildman–Crippen LogP) is -9.11. The van der Waals surface area contributed by atoms with Crippen LogP contribution in [0, 0.1) is 0 Å². The summed E-state index contributed by atoms with van der Waals surface area (Å²) in [6, 6.07) is 18.8. The van der Waals surface area contributed by atoms with Gasteiger partial charge in [-0.3, -0.25) is 9.44 Å². The molecule has 60 heavy (non-hydrogen) atoms. The van der Waals surface area contributed by atoms with E-state index < -0.39 is 101 Å². The van der Waals surface area contributed by atoms with Gasteiger partial charge in [0, 0.05) is 0 Å². The van der Waals surface area contributed by atoms with Crippen molar-refractivity contribution < 1.29 is 187 Å². The van der Waals surface area contributed by atoms with Crippen molar-refractivity contribution >= 4 is 93.4 Å². The van der Waals surface area contributed by atoms with Crippen molar-refractivity contribution in [2.45, 2.75) is 29.4 Å². The zero-order valence-corrected chi connectivity index (χ0v) is 44.3. The molecule has 18 nitrogen and oxygen atoms in total. The molecule has 0 aliphatic carbocycles. The van der Waals surface area contributed by atoms with Crippen molar-refractivity contribution in [1.82, 2.24) is 0 Å². The van der Waals surface area contributed by atoms with Gasteiger partial charge in [0.25, 0.3) is 20.0 Å². The van der Waals surface area contributed by atoms with E-state index in [0.717, 1.165) is 84.9 Å². The maximum atomic E-state index is 13.3. The summed E-state index contributed by atoms with van der Waals surface area (Å²) in [6.07, 6.45) is 0. The first-order valence-electron chi connectivity index (χ1n) is 15.0. The summed E-state index contributed by atoms with van der Waals surface area (Å²) in [4.78, 5) is -4.33. The van der Waals surface area contributed by atoms with Gasteiger partial charge < -0.3 is 18.2 Å². The molecule has 2 N–H and O–H groups in total. The quantitative estimate of drug-likeness (QED) is 0.0900. The molecular weight excluding hydrogens is 953 g/mol. The zero-order chi connectivity index (χ0) is 41.2. The first kappa shape index (κ1) is 55.1. The van der Waals surface area contributed by atoms with Gasteiger partial charge in [-0.2, -0.15) is 0 Å². The van der Waals surface area contributed by atoms with E-state index >= 15 is 0 Å². The van der Waals surface area contributed by atoms with E-state index in [4.69, 9.17) is 0 Å². The molecule has 0 saturated heterocycles. The Morgan fingerprint density at radius 3 is 0.867 bits per heavy atom. The molecule has 0 bridgehead atoms. The second-order valence-electron chi connectivity index (χ2n) is 11.8. The Bertz CT molecular complexity index is 3100. The van der Waals surface area contributed by atoms with Crippen molar-refractivity contribution in [1.29, 1.82) is 0 Å². The predicted molar refractivity (Wildman–Crippen MR) is 193 cm³/mol. The molecule has 0 unspecified atom stereocenters. The fourth-order valence-electron chi connectivity index (χ4n) is 5.45. The Kier molecular flexibility index (Phi) is 18.4. The third-order valence-electron chi connectivity index (χ3n) is 8.09. The summed E-state index contributed by atoms with van der Waals surface area (Å²) in [5, 5.41) is -0.128. The van der Waals surface area contributed by atoms with Gasteiger partial charge in [-0.1, -0.05) is 36.4 Å². The number of rotatable bonds is 11. The average molecular weight is 973 g/mol. The van der Waals surface area contributed by atoms with Crippen molar-refractivity contribution in [2.24, 2.45) is 0 Å². The van der Waals surface area contributed by atoms with Crippen molar-refractivity contribution in [3.8, 4) is 11.1 Å². The summed E-state index contributed by atoms with van der Waals surface area (Å²) in [7, 11) is -29.7. The van der Waals surface area contributed by atoms with Crippen molar-refractivity contribution in [3.05, 3.63) is 109 Å². The number of benzene rings is 6. The van der Waals surface area contributed by atoms with E-state index in [9.17, 15) is 68.7 Å². The smallest absolute Gasteiger partial charge is 0.744 e. The van der Waals surface area contributed by atoms with Crippen LogP contribution in [0.3, 0.4) is 0 Å². The number of hydrogen-bond donors (Lipinski definition) is 2. The second kappa shape index (κ2) is 20.0. The third-order valence-corrected chi connectivity index (χ3v) is 14.3. The van der Waals surface area contributed by atoms with Crippen LogP contribution in [0.5, 0.6) is 0 Å². The van der Waals surface area contributed by atoms with Crippen LogP contribution < -0.4 is 128 Å². The summed E-state index contributed by atoms with van der Waals surface area (Å²) < 4.78 is 198. The monoisotopic (exact) mass is 972 g/mol. The van der Waals surface area contributed by atoms with E-state index in [1.807, 2.05) is 9.44 Å². The van der Waals surface area contributed by atoms with E-state index in [1.54, 1.807) is 0 Å². The molecule has 0 saturated carbocycles. The van der Waals surface area contributed by atoms with E-state index in [0.29, 0.717) is 11.1 Å². The van der Waals surface area contributed by atoms with Gasteiger partial charge in [-0.05, 0) is 105 Å². The summed E-state index contributed by atoms with van der Waals surface area (Å²) in [6.45, 7) is 0. The molecule has 0 spiro atoms. The van der Waals surface area contributed by atoms with Crippen LogP contribution in [0.15, 0.2) is 139 Å². The minimum atomic E-state index is -5.35. The van der Waals surface area contributed by atoms with Crippen LogP contribution in [-0.4, -0.2) is 68.7 Å². The molecule has 0 atom stereocenters. The van der Waals surface area contributed by atoms with Gasteiger partial charge in [0.05, 0.1) is 40.7 Å². The zero-order valence-electron chi connectivity index (χ0n) is 31.4. The van der Waals surface area contributed by atoms with Crippen molar-refractivity contribution in [3.63, 3.8) is 0 Å². The van der Waals surface area contributed by atoms with Gasteiger partial charge in [0.2, 0.25) is 0 Å². The van der Waals surface area contributed by atoms with Crippen LogP contribution >= 0.6 is 0 Å². The summed E-state index contributed by atoms with van der Waals surface area (Å²) in [5.74, 6) is 0. The van der Waals surface area contributed by atoms with Gasteiger partial charge in [-0.25, -0.2) is 50.5 Å². The van der Waals surface area contributed by atoms with Crippen LogP contribution in [0.1, 0.15) is 0 Å². The van der Waals surface area contributed by atoms with Crippen LogP contribution in [-0.2, 0) is 60.5 Å². The number of fused-ring (bicyclic) bond motifs is 2. The standard InChI is InChI=1S/C32H24N2O16S6.4Na/c35-51(36,33-29-15-21-5-11-27(53(39,40)41)13-23(21)17-31(29)55(45,46)47)25-7-1-19(2-8-25)20-3-9-26(10-4-20)52(37,38)34-30-16-22-6-12-28(54(42,43)44)14-24(22)18-32(30)56(48,49)50;;;;/h1-18,33-34H,(H,39,40,41)(H,42,43,44)(H,45,46,47)(H,48,49,50);;;;/q;4*+1/p-4. The SMILES string of the molecule is O=S(=O)([O-])c1ccc2cc(NS(=O)(=O)c3ccc(-c4ccc(S(=O)(=O)Nc5cc6ccc(S(=O)(=O)[O-])cc6cc5S(=O)(=O)[O-])cc4)cc3)c(S(=O)(=O)[O-])cc2c1.[Na+].[Na+].[Na+].[Na+]. The molecule has 6 rings (SSSR count). The molecule has 0 amide bonds. The van der Waals surface area contributed by atoms with Crippen molar-refractivity contribution in [2.75, 3.05) is 9.44 Å². The maximum Gasteiger partial charge on any atom is 1.00 e. The summed E-state index contributed by atoms with van der Waals surface area (Å²) in [5.41, 5.74) is -0.612. The normalized spacial score (nSPS) is 12.3. The maximum absolute atomic E-state index is 13.3. The number of nitrogens with one attached hydrogen (secondary N) is 2. The molecule has 0 aliphatic rings. The molecule has 28 heteroatoms. The topological polar surface area (TPSA) is 321 Å². The molecule has 6 aromatic rings. The minimum Gasteiger partial charge on any atom is -0.744 e. The molecule has 0 fully saturated rings. The molecule has 0 radical (unpaired) electrons. The Morgan fingerprint density at radius 1 is 0.317 bits per heavy atom. The number of hydrogen-bond acceptors (Lipinski definition) is 16. The average Bonchev–Trinajstić information content (AvgIpc) is 3.08. The molecule has 0 heterocycles. The van der Waals surface area contributed by atoms with E-state index in [1.165, 1.54) is 24.3 Å². The van der Waals surface area contributed by atoms with Crippen LogP contribution in [0.25, 0.3) is 32.7 Å². The third kappa shape index (κ3) is 12.6. The minimum absolute atomic E-state index is 0. The largest absolute Gasteiger partial charge is 1.00 e. The Hall–Kier alpha value is -1.02. The van der Waals surface area contributed by atoms with Gasteiger partial charge in [0.1, 0.15) is 40.5 Å². The molecule has 0 aliphatic heterocycles. The van der Waals surface area contributed by atoms with Gasteiger partial charge >= 0.3 is 118 Å². The molecule has 6 aromatic carbocycles. The fraction of sp³-hybridized carbons (Fsp3) is 0. The molecular formula is C32H20N2Na4O16S6. The number of anilines is 2. The van der Waals surface area contributed by atoms with Gasteiger partial charge in [-0.15, -0.1) is 0 Å². The van der Waals surface area contributed by atoms with E-state index in [-0.39, 0.29) is 140 Å². The molecule has 0 aromatic heterocycles. The van der Waals surface area contributed by atoms with Gasteiger partial charge in [0.15, 0.2) is 0 Å². The second-order valence-corrected chi connectivity index (χ2v) is 20.6. The first-order valence-corrected chi connectivity index (χ1v) is 23.6.